The Kier molecular flexibility index (Phi) is 4.04. The Morgan fingerprint density at radius 3 is 2.50 bits per heavy atom. The van der Waals surface area contributed by atoms with Crippen LogP contribution in [0.5, 0.6) is 11.5 Å². The molecular formula is C20H11F2N3O. The van der Waals surface area contributed by atoms with E-state index in [4.69, 9.17) is 4.74 Å². The van der Waals surface area contributed by atoms with Crippen molar-refractivity contribution in [3.63, 3.8) is 0 Å². The van der Waals surface area contributed by atoms with Gasteiger partial charge in [-0.3, -0.25) is 5.10 Å². The Balaban J connectivity index is 1.67. The van der Waals surface area contributed by atoms with Crippen molar-refractivity contribution in [1.29, 1.82) is 0 Å². The average Bonchev–Trinajstić information content (AvgIpc) is 3.02. The van der Waals surface area contributed by atoms with Crippen molar-refractivity contribution in [3.8, 4) is 23.3 Å². The normalized spacial score (nSPS) is 10.4. The first-order valence-corrected chi connectivity index (χ1v) is 7.72. The molecule has 0 amide bonds. The van der Waals surface area contributed by atoms with E-state index in [1.165, 1.54) is 0 Å². The number of hydrogen-bond donors (Lipinski definition) is 1. The predicted octanol–water partition coefficient (Wildman–Crippen LogP) is 4.43. The van der Waals surface area contributed by atoms with E-state index in [0.717, 1.165) is 23.6 Å². The van der Waals surface area contributed by atoms with Crippen molar-refractivity contribution in [2.45, 2.75) is 0 Å². The number of rotatable bonds is 2. The van der Waals surface area contributed by atoms with E-state index in [1.807, 2.05) is 12.1 Å². The number of halogens is 2. The lowest BCUT2D eigenvalue weighted by molar-refractivity contribution is 0.469. The van der Waals surface area contributed by atoms with Gasteiger partial charge in [0, 0.05) is 29.8 Å². The van der Waals surface area contributed by atoms with Gasteiger partial charge in [0.1, 0.15) is 34.5 Å². The minimum absolute atomic E-state index is 0.0754. The molecule has 26 heavy (non-hydrogen) atoms. The summed E-state index contributed by atoms with van der Waals surface area (Å²) in [4.78, 5) is 4.14. The molecule has 126 valence electrons. The van der Waals surface area contributed by atoms with Crippen LogP contribution in [0, 0.1) is 23.5 Å². The molecule has 0 unspecified atom stereocenters. The average molecular weight is 347 g/mol. The summed E-state index contributed by atoms with van der Waals surface area (Å²) < 4.78 is 32.2. The summed E-state index contributed by atoms with van der Waals surface area (Å²) in [5, 5.41) is 7.79. The van der Waals surface area contributed by atoms with Crippen LogP contribution in [0.4, 0.5) is 8.78 Å². The third-order valence-electron chi connectivity index (χ3n) is 3.58. The fraction of sp³-hybridized carbons (Fsp3) is 0. The van der Waals surface area contributed by atoms with Gasteiger partial charge in [0.25, 0.3) is 0 Å². The number of aromatic amines is 1. The number of hydrogen-bond acceptors (Lipinski definition) is 3. The molecule has 0 aliphatic carbocycles. The van der Waals surface area contributed by atoms with E-state index in [2.05, 4.69) is 27.0 Å². The Morgan fingerprint density at radius 1 is 0.885 bits per heavy atom. The van der Waals surface area contributed by atoms with Gasteiger partial charge in [0.2, 0.25) is 0 Å². The molecule has 0 saturated carbocycles. The lowest BCUT2D eigenvalue weighted by Crippen LogP contribution is -1.87. The van der Waals surface area contributed by atoms with Crippen LogP contribution in [0.2, 0.25) is 0 Å². The second-order valence-corrected chi connectivity index (χ2v) is 5.45. The smallest absolute Gasteiger partial charge is 0.133 e. The maximum atomic E-state index is 13.3. The molecule has 6 heteroatoms. The molecule has 0 radical (unpaired) electrons. The Labute approximate surface area is 147 Å². The highest BCUT2D eigenvalue weighted by molar-refractivity contribution is 5.85. The SMILES string of the molecule is Fc1cc(F)cc(Oc2ccc3n[nH]c(C#Cc4ccccn4)c3c2)c1. The van der Waals surface area contributed by atoms with Crippen molar-refractivity contribution in [2.75, 3.05) is 0 Å². The number of ether oxygens (including phenoxy) is 1. The second kappa shape index (κ2) is 6.65. The summed E-state index contributed by atoms with van der Waals surface area (Å²) in [6, 6.07) is 13.6. The third kappa shape index (κ3) is 3.37. The Bertz CT molecular complexity index is 1120. The fourth-order valence-corrected chi connectivity index (χ4v) is 2.43. The summed E-state index contributed by atoms with van der Waals surface area (Å²) in [7, 11) is 0. The van der Waals surface area contributed by atoms with Gasteiger partial charge in [-0.05, 0) is 42.2 Å². The van der Waals surface area contributed by atoms with Crippen LogP contribution >= 0.6 is 0 Å². The molecule has 0 saturated heterocycles. The third-order valence-corrected chi connectivity index (χ3v) is 3.58. The van der Waals surface area contributed by atoms with Crippen molar-refractivity contribution in [2.24, 2.45) is 0 Å². The van der Waals surface area contributed by atoms with Gasteiger partial charge in [-0.25, -0.2) is 13.8 Å². The monoisotopic (exact) mass is 347 g/mol. The van der Waals surface area contributed by atoms with Gasteiger partial charge >= 0.3 is 0 Å². The summed E-state index contributed by atoms with van der Waals surface area (Å²) in [5.74, 6) is 5.03. The largest absolute Gasteiger partial charge is 0.457 e. The van der Waals surface area contributed by atoms with E-state index >= 15 is 0 Å². The summed E-state index contributed by atoms with van der Waals surface area (Å²) >= 11 is 0. The van der Waals surface area contributed by atoms with E-state index in [-0.39, 0.29) is 5.75 Å². The maximum absolute atomic E-state index is 13.3. The maximum Gasteiger partial charge on any atom is 0.133 e. The molecular weight excluding hydrogens is 336 g/mol. The van der Waals surface area contributed by atoms with Gasteiger partial charge < -0.3 is 4.74 Å². The predicted molar refractivity (Wildman–Crippen MR) is 92.7 cm³/mol. The molecule has 4 rings (SSSR count). The molecule has 2 aromatic heterocycles. The summed E-state index contributed by atoms with van der Waals surface area (Å²) in [6.07, 6.45) is 1.67. The van der Waals surface area contributed by atoms with Crippen LogP contribution in [0.15, 0.2) is 60.8 Å². The fourth-order valence-electron chi connectivity index (χ4n) is 2.43. The minimum Gasteiger partial charge on any atom is -0.457 e. The first-order valence-electron chi connectivity index (χ1n) is 7.72. The highest BCUT2D eigenvalue weighted by Crippen LogP contribution is 2.27. The number of aromatic nitrogens is 3. The van der Waals surface area contributed by atoms with E-state index < -0.39 is 11.6 Å². The quantitative estimate of drug-likeness (QED) is 0.546. The van der Waals surface area contributed by atoms with E-state index in [1.54, 1.807) is 30.5 Å². The van der Waals surface area contributed by atoms with Crippen LogP contribution < -0.4 is 4.74 Å². The van der Waals surface area contributed by atoms with Gasteiger partial charge in [-0.15, -0.1) is 0 Å². The van der Waals surface area contributed by atoms with Crippen molar-refractivity contribution < 1.29 is 13.5 Å². The van der Waals surface area contributed by atoms with Crippen molar-refractivity contribution in [1.82, 2.24) is 15.2 Å². The summed E-state index contributed by atoms with van der Waals surface area (Å²) in [5.41, 5.74) is 1.94. The van der Waals surface area contributed by atoms with Crippen LogP contribution in [-0.4, -0.2) is 15.2 Å². The lowest BCUT2D eigenvalue weighted by Gasteiger charge is -2.06. The van der Waals surface area contributed by atoms with Crippen LogP contribution in [-0.2, 0) is 0 Å². The molecule has 0 spiro atoms. The zero-order valence-corrected chi connectivity index (χ0v) is 13.3. The molecule has 0 bridgehead atoms. The number of benzene rings is 2. The highest BCUT2D eigenvalue weighted by atomic mass is 19.1. The van der Waals surface area contributed by atoms with Crippen molar-refractivity contribution in [3.05, 3.63) is 83.8 Å². The minimum atomic E-state index is -0.702. The molecule has 2 aromatic carbocycles. The highest BCUT2D eigenvalue weighted by Gasteiger charge is 2.07. The van der Waals surface area contributed by atoms with Gasteiger partial charge in [0.15, 0.2) is 0 Å². The van der Waals surface area contributed by atoms with Crippen LogP contribution in [0.1, 0.15) is 11.4 Å². The number of nitrogens with one attached hydrogen (secondary N) is 1. The first kappa shape index (κ1) is 15.8. The van der Waals surface area contributed by atoms with Crippen LogP contribution in [0.25, 0.3) is 10.9 Å². The first-order chi connectivity index (χ1) is 12.7. The Hall–Kier alpha value is -3.72. The molecule has 4 aromatic rings. The number of fused-ring (bicyclic) bond motifs is 1. The van der Waals surface area contributed by atoms with Gasteiger partial charge in [0.05, 0.1) is 5.52 Å². The topological polar surface area (TPSA) is 50.8 Å². The number of H-pyrrole nitrogens is 1. The number of pyridine rings is 1. The van der Waals surface area contributed by atoms with Crippen LogP contribution in [0.3, 0.4) is 0 Å². The lowest BCUT2D eigenvalue weighted by atomic mass is 10.2. The standard InChI is InChI=1S/C20H11F2N3O/c21-13-9-14(22)11-17(10-13)26-16-5-7-20-18(12-16)19(24-25-20)6-4-15-3-1-2-8-23-15/h1-3,5,7-12H,(H,24,25). The molecule has 1 N–H and O–H groups in total. The van der Waals surface area contributed by atoms with E-state index in [9.17, 15) is 8.78 Å². The van der Waals surface area contributed by atoms with Gasteiger partial charge in [-0.1, -0.05) is 6.07 Å². The molecule has 0 atom stereocenters. The second-order valence-electron chi connectivity index (χ2n) is 5.45. The Morgan fingerprint density at radius 2 is 1.73 bits per heavy atom. The molecule has 2 heterocycles. The molecule has 0 fully saturated rings. The molecule has 0 aliphatic heterocycles. The summed E-state index contributed by atoms with van der Waals surface area (Å²) in [6.45, 7) is 0. The van der Waals surface area contributed by atoms with Gasteiger partial charge in [-0.2, -0.15) is 5.10 Å². The molecule has 0 aliphatic rings. The zero-order valence-electron chi connectivity index (χ0n) is 13.3. The zero-order chi connectivity index (χ0) is 17.9. The molecule has 4 nitrogen and oxygen atoms in total. The number of nitrogens with zero attached hydrogens (tertiary/aromatic N) is 2. The van der Waals surface area contributed by atoms with Crippen molar-refractivity contribution >= 4 is 10.9 Å². The van der Waals surface area contributed by atoms with E-state index in [0.29, 0.717) is 22.7 Å².